The lowest BCUT2D eigenvalue weighted by Crippen LogP contribution is -2.56. The highest BCUT2D eigenvalue weighted by Crippen LogP contribution is 2.25. The van der Waals surface area contributed by atoms with Crippen LogP contribution in [0.15, 0.2) is 0 Å². The summed E-state index contributed by atoms with van der Waals surface area (Å²) >= 11 is 0. The molecule has 2 unspecified atom stereocenters. The first-order valence-corrected chi connectivity index (χ1v) is 8.36. The molecule has 1 saturated carbocycles. The van der Waals surface area contributed by atoms with Crippen molar-refractivity contribution in [2.24, 2.45) is 11.8 Å². The van der Waals surface area contributed by atoms with Gasteiger partial charge in [-0.05, 0) is 39.5 Å². The number of hydrogen-bond acceptors (Lipinski definition) is 3. The van der Waals surface area contributed by atoms with Crippen molar-refractivity contribution in [1.82, 2.24) is 5.32 Å². The number of ether oxygens (including phenoxy) is 1. The maximum Gasteiger partial charge on any atom is 0.222 e. The molecule has 0 saturated heterocycles. The third-order valence-electron chi connectivity index (χ3n) is 4.37. The third-order valence-corrected chi connectivity index (χ3v) is 4.37. The molecule has 0 aliphatic heterocycles. The summed E-state index contributed by atoms with van der Waals surface area (Å²) < 4.78 is 5.98. The molecule has 1 amide bonds. The monoisotopic (exact) mass is 299 g/mol. The van der Waals surface area contributed by atoms with Crippen LogP contribution in [0.2, 0.25) is 0 Å². The van der Waals surface area contributed by atoms with E-state index in [0.717, 1.165) is 6.61 Å². The van der Waals surface area contributed by atoms with Gasteiger partial charge in [0.15, 0.2) is 0 Å². The first-order valence-electron chi connectivity index (χ1n) is 8.36. The zero-order valence-corrected chi connectivity index (χ0v) is 14.3. The molecule has 1 aliphatic carbocycles. The fourth-order valence-electron chi connectivity index (χ4n) is 2.93. The van der Waals surface area contributed by atoms with Crippen molar-refractivity contribution in [2.45, 2.75) is 84.5 Å². The molecular weight excluding hydrogens is 266 g/mol. The number of carbonyl (C=O) groups excluding carboxylic acids is 1. The van der Waals surface area contributed by atoms with Crippen molar-refractivity contribution in [1.29, 1.82) is 0 Å². The Bertz CT molecular complexity index is 316. The molecule has 0 aromatic heterocycles. The summed E-state index contributed by atoms with van der Waals surface area (Å²) in [5.41, 5.74) is -1.00. The molecule has 1 rings (SSSR count). The molecular formula is C17H33NO3. The Kier molecular flexibility index (Phi) is 7.14. The predicted octanol–water partition coefficient (Wildman–Crippen LogP) is 2.88. The maximum absolute atomic E-state index is 11.9. The number of hydrogen-bond donors (Lipinski definition) is 2. The summed E-state index contributed by atoms with van der Waals surface area (Å²) in [6, 6.07) is -0.393. The molecule has 0 heterocycles. The Labute approximate surface area is 129 Å². The molecule has 0 aromatic carbocycles. The van der Waals surface area contributed by atoms with E-state index in [2.05, 4.69) is 5.32 Å². The van der Waals surface area contributed by atoms with E-state index in [1.54, 1.807) is 13.8 Å². The van der Waals surface area contributed by atoms with Crippen molar-refractivity contribution < 1.29 is 14.6 Å². The lowest BCUT2D eigenvalue weighted by Gasteiger charge is -2.36. The van der Waals surface area contributed by atoms with E-state index in [0.29, 0.717) is 5.92 Å². The third kappa shape index (κ3) is 6.35. The fourth-order valence-corrected chi connectivity index (χ4v) is 2.93. The van der Waals surface area contributed by atoms with E-state index < -0.39 is 11.6 Å². The normalized spacial score (nSPS) is 20.3. The molecule has 4 nitrogen and oxygen atoms in total. The van der Waals surface area contributed by atoms with Crippen LogP contribution in [0.3, 0.4) is 0 Å². The van der Waals surface area contributed by atoms with Gasteiger partial charge in [0.25, 0.3) is 0 Å². The second kappa shape index (κ2) is 8.14. The van der Waals surface area contributed by atoms with Crippen LogP contribution in [0.4, 0.5) is 0 Å². The summed E-state index contributed by atoms with van der Waals surface area (Å²) in [7, 11) is 0. The molecule has 1 fully saturated rings. The summed E-state index contributed by atoms with van der Waals surface area (Å²) in [6.07, 6.45) is 6.19. The Balaban J connectivity index is 2.54. The lowest BCUT2D eigenvalue weighted by atomic mass is 9.89. The van der Waals surface area contributed by atoms with Gasteiger partial charge in [-0.25, -0.2) is 0 Å². The quantitative estimate of drug-likeness (QED) is 0.760. The molecule has 0 spiro atoms. The highest BCUT2D eigenvalue weighted by molar-refractivity contribution is 5.78. The smallest absolute Gasteiger partial charge is 0.222 e. The van der Waals surface area contributed by atoms with E-state index in [4.69, 9.17) is 4.74 Å². The van der Waals surface area contributed by atoms with Gasteiger partial charge in [0, 0.05) is 12.5 Å². The van der Waals surface area contributed by atoms with Gasteiger partial charge in [-0.15, -0.1) is 0 Å². The van der Waals surface area contributed by atoms with Crippen LogP contribution in [0, 0.1) is 11.8 Å². The van der Waals surface area contributed by atoms with Crippen LogP contribution < -0.4 is 5.32 Å². The topological polar surface area (TPSA) is 58.6 Å². The number of nitrogens with one attached hydrogen (secondary N) is 1. The minimum absolute atomic E-state index is 0.0461. The maximum atomic E-state index is 11.9. The summed E-state index contributed by atoms with van der Waals surface area (Å²) in [6.45, 7) is 9.81. The molecule has 0 radical (unpaired) electrons. The molecule has 0 aromatic rings. The Morgan fingerprint density at radius 3 is 2.29 bits per heavy atom. The van der Waals surface area contributed by atoms with Crippen LogP contribution >= 0.6 is 0 Å². The number of amides is 1. The molecule has 2 N–H and O–H groups in total. The summed E-state index contributed by atoms with van der Waals surface area (Å²) in [5, 5.41) is 13.3. The van der Waals surface area contributed by atoms with Crippen molar-refractivity contribution in [3.05, 3.63) is 0 Å². The van der Waals surface area contributed by atoms with E-state index in [-0.39, 0.29) is 17.9 Å². The average Bonchev–Trinajstić information content (AvgIpc) is 2.41. The standard InChI is InChI=1S/C17H33NO3/c1-12(2)16(19)18-15(17(4,5)20)13(3)21-11-14-9-7-6-8-10-14/h12-15,20H,6-11H2,1-5H3,(H,18,19). The van der Waals surface area contributed by atoms with Gasteiger partial charge >= 0.3 is 0 Å². The highest BCUT2D eigenvalue weighted by Gasteiger charge is 2.34. The zero-order chi connectivity index (χ0) is 16.0. The van der Waals surface area contributed by atoms with Gasteiger partial charge in [-0.3, -0.25) is 4.79 Å². The van der Waals surface area contributed by atoms with Gasteiger partial charge in [-0.2, -0.15) is 0 Å². The number of rotatable bonds is 7. The Morgan fingerprint density at radius 2 is 1.81 bits per heavy atom. The SMILES string of the molecule is CC(C)C(=O)NC(C(C)OCC1CCCCC1)C(C)(C)O. The second-order valence-electron chi connectivity index (χ2n) is 7.34. The van der Waals surface area contributed by atoms with Crippen LogP contribution in [0.1, 0.15) is 66.7 Å². The van der Waals surface area contributed by atoms with Crippen LogP contribution in [-0.4, -0.2) is 35.4 Å². The molecule has 4 heteroatoms. The highest BCUT2D eigenvalue weighted by atomic mass is 16.5. The minimum atomic E-state index is -1.00. The van der Waals surface area contributed by atoms with Gasteiger partial charge in [0.05, 0.1) is 17.7 Å². The Hall–Kier alpha value is -0.610. The molecule has 21 heavy (non-hydrogen) atoms. The number of carbonyl (C=O) groups is 1. The zero-order valence-electron chi connectivity index (χ0n) is 14.3. The summed E-state index contributed by atoms with van der Waals surface area (Å²) in [5.74, 6) is 0.486. The second-order valence-corrected chi connectivity index (χ2v) is 7.34. The Morgan fingerprint density at radius 1 is 1.24 bits per heavy atom. The summed E-state index contributed by atoms with van der Waals surface area (Å²) in [4.78, 5) is 11.9. The van der Waals surface area contributed by atoms with Gasteiger partial charge < -0.3 is 15.2 Å². The van der Waals surface area contributed by atoms with Gasteiger partial charge in [0.1, 0.15) is 0 Å². The van der Waals surface area contributed by atoms with E-state index in [1.807, 2.05) is 20.8 Å². The van der Waals surface area contributed by atoms with Crippen LogP contribution in [-0.2, 0) is 9.53 Å². The van der Waals surface area contributed by atoms with Crippen LogP contribution in [0.25, 0.3) is 0 Å². The van der Waals surface area contributed by atoms with Gasteiger partial charge in [0.2, 0.25) is 5.91 Å². The first kappa shape index (κ1) is 18.4. The van der Waals surface area contributed by atoms with E-state index >= 15 is 0 Å². The molecule has 0 bridgehead atoms. The van der Waals surface area contributed by atoms with Crippen molar-refractivity contribution >= 4 is 5.91 Å². The average molecular weight is 299 g/mol. The fraction of sp³-hybridized carbons (Fsp3) is 0.941. The largest absolute Gasteiger partial charge is 0.388 e. The first-order chi connectivity index (χ1) is 9.71. The van der Waals surface area contributed by atoms with Gasteiger partial charge in [-0.1, -0.05) is 33.1 Å². The molecule has 2 atom stereocenters. The predicted molar refractivity (Wildman–Crippen MR) is 85.1 cm³/mol. The molecule has 1 aliphatic rings. The van der Waals surface area contributed by atoms with E-state index in [1.165, 1.54) is 32.1 Å². The lowest BCUT2D eigenvalue weighted by molar-refractivity contribution is -0.130. The number of aliphatic hydroxyl groups is 1. The molecule has 124 valence electrons. The van der Waals surface area contributed by atoms with Crippen molar-refractivity contribution in [3.8, 4) is 0 Å². The van der Waals surface area contributed by atoms with Crippen molar-refractivity contribution in [3.63, 3.8) is 0 Å². The van der Waals surface area contributed by atoms with Crippen molar-refractivity contribution in [2.75, 3.05) is 6.61 Å². The minimum Gasteiger partial charge on any atom is -0.388 e. The van der Waals surface area contributed by atoms with Crippen LogP contribution in [0.5, 0.6) is 0 Å². The van der Waals surface area contributed by atoms with E-state index in [9.17, 15) is 9.90 Å².